The zero-order chi connectivity index (χ0) is 19.5. The SMILES string of the molecule is O=c1c2ncccc2n(Cc2cccc(Cl)c2)c(=O)n1CCc1ccccc1. The normalized spacial score (nSPS) is 11.0. The first-order valence-electron chi connectivity index (χ1n) is 9.00. The Hall–Kier alpha value is -3.18. The number of nitrogens with zero attached hydrogens (tertiary/aromatic N) is 3. The van der Waals surface area contributed by atoms with Crippen LogP contribution in [0.3, 0.4) is 0 Å². The fourth-order valence-electron chi connectivity index (χ4n) is 3.30. The summed E-state index contributed by atoms with van der Waals surface area (Å²) in [5.41, 5.74) is 2.05. The van der Waals surface area contributed by atoms with Gasteiger partial charge < -0.3 is 0 Å². The molecule has 0 N–H and O–H groups in total. The third-order valence-corrected chi connectivity index (χ3v) is 4.92. The number of aromatic nitrogens is 3. The second-order valence-corrected chi connectivity index (χ2v) is 7.00. The Bertz CT molecular complexity index is 1250. The Kier molecular flexibility index (Phi) is 5.08. The van der Waals surface area contributed by atoms with Crippen molar-refractivity contribution >= 4 is 22.6 Å². The van der Waals surface area contributed by atoms with Gasteiger partial charge in [0.25, 0.3) is 5.56 Å². The number of benzene rings is 2. The summed E-state index contributed by atoms with van der Waals surface area (Å²) >= 11 is 6.09. The second kappa shape index (κ2) is 7.82. The van der Waals surface area contributed by atoms with Gasteiger partial charge in [-0.1, -0.05) is 54.1 Å². The molecule has 2 heterocycles. The monoisotopic (exact) mass is 391 g/mol. The maximum absolute atomic E-state index is 13.2. The molecule has 0 fully saturated rings. The van der Waals surface area contributed by atoms with Crippen LogP contribution >= 0.6 is 11.6 Å². The summed E-state index contributed by atoms with van der Waals surface area (Å²) < 4.78 is 2.85. The summed E-state index contributed by atoms with van der Waals surface area (Å²) in [7, 11) is 0. The van der Waals surface area contributed by atoms with Crippen molar-refractivity contribution in [1.29, 1.82) is 0 Å². The summed E-state index contributed by atoms with van der Waals surface area (Å²) in [6.45, 7) is 0.608. The molecule has 2 aromatic carbocycles. The summed E-state index contributed by atoms with van der Waals surface area (Å²) in [6, 6.07) is 20.6. The maximum Gasteiger partial charge on any atom is 0.331 e. The van der Waals surface area contributed by atoms with Crippen LogP contribution in [0.25, 0.3) is 11.0 Å². The van der Waals surface area contributed by atoms with E-state index in [9.17, 15) is 9.59 Å². The fourth-order valence-corrected chi connectivity index (χ4v) is 3.51. The quantitative estimate of drug-likeness (QED) is 0.523. The van der Waals surface area contributed by atoms with Gasteiger partial charge in [-0.25, -0.2) is 9.78 Å². The molecule has 140 valence electrons. The van der Waals surface area contributed by atoms with Crippen LogP contribution in [0.2, 0.25) is 5.02 Å². The zero-order valence-corrected chi connectivity index (χ0v) is 15.8. The largest absolute Gasteiger partial charge is 0.331 e. The molecule has 4 aromatic rings. The van der Waals surface area contributed by atoms with E-state index >= 15 is 0 Å². The van der Waals surface area contributed by atoms with Crippen LogP contribution in [0.1, 0.15) is 11.1 Å². The van der Waals surface area contributed by atoms with E-state index in [-0.39, 0.29) is 16.8 Å². The highest BCUT2D eigenvalue weighted by molar-refractivity contribution is 6.30. The molecule has 4 rings (SSSR count). The van der Waals surface area contributed by atoms with Crippen LogP contribution in [-0.4, -0.2) is 14.1 Å². The minimum absolute atomic E-state index is 0.289. The zero-order valence-electron chi connectivity index (χ0n) is 15.1. The Balaban J connectivity index is 1.81. The van der Waals surface area contributed by atoms with E-state index in [2.05, 4.69) is 4.98 Å². The lowest BCUT2D eigenvalue weighted by Crippen LogP contribution is -2.41. The smallest absolute Gasteiger partial charge is 0.287 e. The van der Waals surface area contributed by atoms with Gasteiger partial charge in [-0.05, 0) is 41.8 Å². The van der Waals surface area contributed by atoms with E-state index in [1.54, 1.807) is 29.0 Å². The van der Waals surface area contributed by atoms with Gasteiger partial charge in [0.15, 0.2) is 5.52 Å². The lowest BCUT2D eigenvalue weighted by atomic mass is 10.1. The predicted octanol–water partition coefficient (Wildman–Crippen LogP) is 3.50. The number of fused-ring (bicyclic) bond motifs is 1. The third kappa shape index (κ3) is 3.62. The van der Waals surface area contributed by atoms with Gasteiger partial charge in [0.05, 0.1) is 12.1 Å². The number of hydrogen-bond acceptors (Lipinski definition) is 3. The first kappa shape index (κ1) is 18.2. The van der Waals surface area contributed by atoms with E-state index in [0.717, 1.165) is 11.1 Å². The minimum atomic E-state index is -0.362. The fraction of sp³-hybridized carbons (Fsp3) is 0.136. The van der Waals surface area contributed by atoms with Gasteiger partial charge in [0.2, 0.25) is 0 Å². The first-order valence-corrected chi connectivity index (χ1v) is 9.38. The van der Waals surface area contributed by atoms with Crippen molar-refractivity contribution < 1.29 is 0 Å². The Morgan fingerprint density at radius 1 is 0.857 bits per heavy atom. The molecule has 0 unspecified atom stereocenters. The molecular formula is C22H18ClN3O2. The molecule has 0 amide bonds. The summed E-state index contributed by atoms with van der Waals surface area (Å²) in [4.78, 5) is 30.3. The molecule has 6 heteroatoms. The highest BCUT2D eigenvalue weighted by atomic mass is 35.5. The minimum Gasteiger partial charge on any atom is -0.287 e. The van der Waals surface area contributed by atoms with Gasteiger partial charge in [-0.2, -0.15) is 0 Å². The van der Waals surface area contributed by atoms with Gasteiger partial charge in [-0.3, -0.25) is 13.9 Å². The molecule has 28 heavy (non-hydrogen) atoms. The van der Waals surface area contributed by atoms with Gasteiger partial charge in [0, 0.05) is 17.8 Å². The maximum atomic E-state index is 13.2. The highest BCUT2D eigenvalue weighted by Crippen LogP contribution is 2.13. The van der Waals surface area contributed by atoms with Crippen LogP contribution in [0.5, 0.6) is 0 Å². The van der Waals surface area contributed by atoms with Gasteiger partial charge in [0.1, 0.15) is 0 Å². The lowest BCUT2D eigenvalue weighted by Gasteiger charge is -2.14. The molecule has 0 atom stereocenters. The lowest BCUT2D eigenvalue weighted by molar-refractivity contribution is 0.588. The molecule has 0 spiro atoms. The summed E-state index contributed by atoms with van der Waals surface area (Å²) in [6.07, 6.45) is 2.16. The van der Waals surface area contributed by atoms with Crippen molar-refractivity contribution in [3.8, 4) is 0 Å². The van der Waals surface area contributed by atoms with Crippen LogP contribution in [0.4, 0.5) is 0 Å². The number of halogens is 1. The van der Waals surface area contributed by atoms with Gasteiger partial charge >= 0.3 is 5.69 Å². The molecule has 2 aromatic heterocycles. The average molecular weight is 392 g/mol. The molecule has 0 aliphatic heterocycles. The standard InChI is InChI=1S/C22H18ClN3O2/c23-18-9-4-8-17(14-18)15-26-19-10-5-12-24-20(19)21(27)25(22(26)28)13-11-16-6-2-1-3-7-16/h1-10,12,14H,11,13,15H2. The average Bonchev–Trinajstić information content (AvgIpc) is 2.72. The van der Waals surface area contributed by atoms with Crippen molar-refractivity contribution in [2.45, 2.75) is 19.5 Å². The first-order chi connectivity index (χ1) is 13.6. The number of aryl methyl sites for hydroxylation is 1. The van der Waals surface area contributed by atoms with Gasteiger partial charge in [-0.15, -0.1) is 0 Å². The van der Waals surface area contributed by atoms with Crippen LogP contribution in [0, 0.1) is 0 Å². The van der Waals surface area contributed by atoms with Crippen molar-refractivity contribution in [2.75, 3.05) is 0 Å². The molecule has 0 saturated heterocycles. The Labute approximate surface area is 166 Å². The summed E-state index contributed by atoms with van der Waals surface area (Å²) in [5.74, 6) is 0. The third-order valence-electron chi connectivity index (χ3n) is 4.68. The predicted molar refractivity (Wildman–Crippen MR) is 111 cm³/mol. The van der Waals surface area contributed by atoms with Crippen molar-refractivity contribution in [3.63, 3.8) is 0 Å². The number of rotatable bonds is 5. The molecule has 0 saturated carbocycles. The highest BCUT2D eigenvalue weighted by Gasteiger charge is 2.14. The number of pyridine rings is 1. The molecule has 0 aliphatic carbocycles. The molecular weight excluding hydrogens is 374 g/mol. The summed E-state index contributed by atoms with van der Waals surface area (Å²) in [5, 5.41) is 0.602. The Morgan fingerprint density at radius 3 is 2.43 bits per heavy atom. The molecule has 0 radical (unpaired) electrons. The molecule has 0 bridgehead atoms. The van der Waals surface area contributed by atoms with E-state index in [1.807, 2.05) is 48.5 Å². The van der Waals surface area contributed by atoms with Crippen LogP contribution < -0.4 is 11.2 Å². The van der Waals surface area contributed by atoms with Crippen LogP contribution in [-0.2, 0) is 19.5 Å². The van der Waals surface area contributed by atoms with Crippen LogP contribution in [0.15, 0.2) is 82.5 Å². The van der Waals surface area contributed by atoms with E-state index in [4.69, 9.17) is 11.6 Å². The Morgan fingerprint density at radius 2 is 1.64 bits per heavy atom. The van der Waals surface area contributed by atoms with Crippen molar-refractivity contribution in [2.24, 2.45) is 0 Å². The topological polar surface area (TPSA) is 56.9 Å². The van der Waals surface area contributed by atoms with Crippen molar-refractivity contribution in [1.82, 2.24) is 14.1 Å². The van der Waals surface area contributed by atoms with Crippen molar-refractivity contribution in [3.05, 3.63) is 110 Å². The van der Waals surface area contributed by atoms with E-state index in [1.165, 1.54) is 4.57 Å². The molecule has 5 nitrogen and oxygen atoms in total. The number of hydrogen-bond donors (Lipinski definition) is 0. The van der Waals surface area contributed by atoms with E-state index < -0.39 is 0 Å². The van der Waals surface area contributed by atoms with E-state index in [0.29, 0.717) is 30.0 Å². The second-order valence-electron chi connectivity index (χ2n) is 6.56. The molecule has 0 aliphatic rings.